The van der Waals surface area contributed by atoms with Crippen LogP contribution in [0.3, 0.4) is 0 Å². The highest BCUT2D eigenvalue weighted by Crippen LogP contribution is 2.21. The minimum Gasteiger partial charge on any atom is -0.312 e. The highest BCUT2D eigenvalue weighted by Gasteiger charge is 2.08. The van der Waals surface area contributed by atoms with Gasteiger partial charge < -0.3 is 5.32 Å². The second-order valence-corrected chi connectivity index (χ2v) is 3.80. The van der Waals surface area contributed by atoms with E-state index in [1.807, 2.05) is 20.2 Å². The smallest absolute Gasteiger partial charge is 0.0897 e. The molecule has 0 saturated carbocycles. The first-order valence-electron chi connectivity index (χ1n) is 3.87. The topological polar surface area (TPSA) is 24.9 Å². The maximum absolute atomic E-state index is 4.21. The molecule has 1 aromatic rings. The lowest BCUT2D eigenvalue weighted by atomic mass is 10.2. The first kappa shape index (κ1) is 8.68. The lowest BCUT2D eigenvalue weighted by Gasteiger charge is -2.09. The highest BCUT2D eigenvalue weighted by atomic mass is 32.1. The van der Waals surface area contributed by atoms with Gasteiger partial charge in [-0.3, -0.25) is 0 Å². The molecule has 1 N–H and O–H groups in total. The average Bonchev–Trinajstić information content (AvgIpc) is 2.39. The Kier molecular flexibility index (Phi) is 3.02. The van der Waals surface area contributed by atoms with Crippen molar-refractivity contribution in [3.8, 4) is 0 Å². The third-order valence-electron chi connectivity index (χ3n) is 1.74. The van der Waals surface area contributed by atoms with E-state index in [4.69, 9.17) is 0 Å². The van der Waals surface area contributed by atoms with E-state index in [1.54, 1.807) is 11.3 Å². The van der Waals surface area contributed by atoms with Crippen molar-refractivity contribution in [1.82, 2.24) is 10.3 Å². The monoisotopic (exact) mass is 170 g/mol. The van der Waals surface area contributed by atoms with Crippen LogP contribution in [0.25, 0.3) is 0 Å². The van der Waals surface area contributed by atoms with Gasteiger partial charge in [0.15, 0.2) is 0 Å². The molecule has 2 nitrogen and oxygen atoms in total. The normalized spacial score (nSPS) is 13.4. The van der Waals surface area contributed by atoms with Crippen molar-refractivity contribution in [2.24, 2.45) is 0 Å². The summed E-state index contributed by atoms with van der Waals surface area (Å²) in [7, 11) is 1.99. The van der Waals surface area contributed by atoms with Crippen molar-refractivity contribution in [3.63, 3.8) is 0 Å². The van der Waals surface area contributed by atoms with E-state index < -0.39 is 0 Å². The Hall–Kier alpha value is -0.410. The molecule has 0 aliphatic rings. The Bertz CT molecular complexity index is 216. The van der Waals surface area contributed by atoms with Crippen molar-refractivity contribution in [1.29, 1.82) is 0 Å². The van der Waals surface area contributed by atoms with E-state index in [2.05, 4.69) is 17.2 Å². The maximum Gasteiger partial charge on any atom is 0.0897 e. The number of hydrogen-bond donors (Lipinski definition) is 1. The molecule has 0 saturated heterocycles. The second-order valence-electron chi connectivity index (χ2n) is 2.53. The standard InChI is InChI=1S/C8H14N2S/c1-4-7(9-3)8-5-10-6(2)11-8/h5,7,9H,4H2,1-3H3. The van der Waals surface area contributed by atoms with E-state index in [-0.39, 0.29) is 0 Å². The van der Waals surface area contributed by atoms with Gasteiger partial charge in [-0.25, -0.2) is 4.98 Å². The molecule has 0 bridgehead atoms. The van der Waals surface area contributed by atoms with Crippen LogP contribution in [0.1, 0.15) is 29.3 Å². The van der Waals surface area contributed by atoms with Crippen LogP contribution in [-0.2, 0) is 0 Å². The quantitative estimate of drug-likeness (QED) is 0.751. The summed E-state index contributed by atoms with van der Waals surface area (Å²) in [5.41, 5.74) is 0. The first-order chi connectivity index (χ1) is 5.27. The summed E-state index contributed by atoms with van der Waals surface area (Å²) in [6.45, 7) is 4.22. The van der Waals surface area contributed by atoms with Gasteiger partial charge in [-0.15, -0.1) is 11.3 Å². The number of nitrogens with zero attached hydrogens (tertiary/aromatic N) is 1. The van der Waals surface area contributed by atoms with Gasteiger partial charge in [0, 0.05) is 17.1 Å². The van der Waals surface area contributed by atoms with Gasteiger partial charge in [0.25, 0.3) is 0 Å². The molecule has 0 radical (unpaired) electrons. The highest BCUT2D eigenvalue weighted by molar-refractivity contribution is 7.11. The molecule has 0 aromatic carbocycles. The van der Waals surface area contributed by atoms with Crippen molar-refractivity contribution >= 4 is 11.3 Å². The zero-order chi connectivity index (χ0) is 8.27. The fraction of sp³-hybridized carbons (Fsp3) is 0.625. The van der Waals surface area contributed by atoms with Crippen LogP contribution in [0.4, 0.5) is 0 Å². The zero-order valence-electron chi connectivity index (χ0n) is 7.22. The van der Waals surface area contributed by atoms with Crippen molar-refractivity contribution < 1.29 is 0 Å². The van der Waals surface area contributed by atoms with Crippen LogP contribution in [0, 0.1) is 6.92 Å². The summed E-state index contributed by atoms with van der Waals surface area (Å²) in [6, 6.07) is 0.487. The molecule has 62 valence electrons. The van der Waals surface area contributed by atoms with E-state index >= 15 is 0 Å². The van der Waals surface area contributed by atoms with Gasteiger partial charge in [0.1, 0.15) is 0 Å². The van der Waals surface area contributed by atoms with Crippen LogP contribution in [0.5, 0.6) is 0 Å². The van der Waals surface area contributed by atoms with E-state index in [0.717, 1.165) is 11.4 Å². The van der Waals surface area contributed by atoms with Crippen LogP contribution < -0.4 is 5.32 Å². The average molecular weight is 170 g/mol. The van der Waals surface area contributed by atoms with Crippen LogP contribution in [0.15, 0.2) is 6.20 Å². The fourth-order valence-corrected chi connectivity index (χ4v) is 2.07. The van der Waals surface area contributed by atoms with Crippen molar-refractivity contribution in [3.05, 3.63) is 16.1 Å². The molecule has 0 aliphatic heterocycles. The summed E-state index contributed by atoms with van der Waals surface area (Å²) in [5, 5.41) is 4.40. The van der Waals surface area contributed by atoms with Gasteiger partial charge in [0.2, 0.25) is 0 Å². The second kappa shape index (κ2) is 3.83. The molecular formula is C8H14N2S. The third-order valence-corrected chi connectivity index (χ3v) is 2.77. The van der Waals surface area contributed by atoms with Crippen LogP contribution in [0.2, 0.25) is 0 Å². The molecule has 3 heteroatoms. The minimum atomic E-state index is 0.487. The Balaban J connectivity index is 2.73. The van der Waals surface area contributed by atoms with Gasteiger partial charge in [-0.2, -0.15) is 0 Å². The molecule has 1 heterocycles. The van der Waals surface area contributed by atoms with Crippen LogP contribution in [-0.4, -0.2) is 12.0 Å². The number of hydrogen-bond acceptors (Lipinski definition) is 3. The van der Waals surface area contributed by atoms with Gasteiger partial charge in [-0.1, -0.05) is 6.92 Å². The largest absolute Gasteiger partial charge is 0.312 e. The third kappa shape index (κ3) is 2.01. The first-order valence-corrected chi connectivity index (χ1v) is 4.69. The van der Waals surface area contributed by atoms with Gasteiger partial charge in [-0.05, 0) is 20.4 Å². The Morgan fingerprint density at radius 1 is 1.73 bits per heavy atom. The van der Waals surface area contributed by atoms with Crippen LogP contribution >= 0.6 is 11.3 Å². The van der Waals surface area contributed by atoms with Crippen molar-refractivity contribution in [2.45, 2.75) is 26.3 Å². The molecule has 0 spiro atoms. The number of nitrogens with one attached hydrogen (secondary N) is 1. The van der Waals surface area contributed by atoms with E-state index in [9.17, 15) is 0 Å². The molecule has 1 unspecified atom stereocenters. The number of rotatable bonds is 3. The maximum atomic E-state index is 4.21. The Morgan fingerprint density at radius 2 is 2.45 bits per heavy atom. The minimum absolute atomic E-state index is 0.487. The SMILES string of the molecule is CCC(NC)c1cnc(C)s1. The fourth-order valence-electron chi connectivity index (χ4n) is 1.09. The van der Waals surface area contributed by atoms with Gasteiger partial charge >= 0.3 is 0 Å². The molecule has 0 aliphatic carbocycles. The zero-order valence-corrected chi connectivity index (χ0v) is 8.03. The summed E-state index contributed by atoms with van der Waals surface area (Å²) in [5.74, 6) is 0. The van der Waals surface area contributed by atoms with Gasteiger partial charge in [0.05, 0.1) is 5.01 Å². The van der Waals surface area contributed by atoms with Crippen molar-refractivity contribution in [2.75, 3.05) is 7.05 Å². The molecule has 1 atom stereocenters. The summed E-state index contributed by atoms with van der Waals surface area (Å²) in [6.07, 6.45) is 3.09. The summed E-state index contributed by atoms with van der Waals surface area (Å²) < 4.78 is 0. The van der Waals surface area contributed by atoms with E-state index in [0.29, 0.717) is 6.04 Å². The predicted molar refractivity (Wildman–Crippen MR) is 48.9 cm³/mol. The number of thiazole rings is 1. The molecule has 1 rings (SSSR count). The number of aromatic nitrogens is 1. The summed E-state index contributed by atoms with van der Waals surface area (Å²) in [4.78, 5) is 5.55. The molecule has 11 heavy (non-hydrogen) atoms. The lowest BCUT2D eigenvalue weighted by Crippen LogP contribution is -2.13. The number of aryl methyl sites for hydroxylation is 1. The molecule has 0 fully saturated rings. The van der Waals surface area contributed by atoms with E-state index in [1.165, 1.54) is 4.88 Å². The Labute approximate surface area is 71.7 Å². The lowest BCUT2D eigenvalue weighted by molar-refractivity contribution is 0.585. The predicted octanol–water partition coefficient (Wildman–Crippen LogP) is 2.12. The molecule has 1 aromatic heterocycles. The molecular weight excluding hydrogens is 156 g/mol. The Morgan fingerprint density at radius 3 is 2.82 bits per heavy atom. The summed E-state index contributed by atoms with van der Waals surface area (Å²) >= 11 is 1.77. The molecule has 0 amide bonds.